The molecule has 1 rings (SSSR count). The zero-order valence-electron chi connectivity index (χ0n) is 8.42. The van der Waals surface area contributed by atoms with Gasteiger partial charge in [0.2, 0.25) is 0 Å². The van der Waals surface area contributed by atoms with Crippen molar-refractivity contribution in [1.29, 1.82) is 0 Å². The van der Waals surface area contributed by atoms with Crippen LogP contribution in [-0.4, -0.2) is 22.0 Å². The van der Waals surface area contributed by atoms with E-state index in [9.17, 15) is 4.79 Å². The zero-order valence-corrected chi connectivity index (χ0v) is 8.42. The largest absolute Gasteiger partial charge is 0.477 e. The van der Waals surface area contributed by atoms with E-state index in [4.69, 9.17) is 10.3 Å². The van der Waals surface area contributed by atoms with Crippen molar-refractivity contribution >= 4 is 11.7 Å². The van der Waals surface area contributed by atoms with Crippen molar-refractivity contribution in [3.8, 4) is 0 Å². The van der Waals surface area contributed by atoms with Gasteiger partial charge in [-0.25, -0.2) is 4.79 Å². The molecule has 0 fully saturated rings. The minimum atomic E-state index is -1.18. The molecule has 0 amide bonds. The molecule has 0 saturated heterocycles. The number of hydrogen-bond donors (Lipinski definition) is 2. The van der Waals surface area contributed by atoms with Crippen LogP contribution in [0.5, 0.6) is 0 Å². The summed E-state index contributed by atoms with van der Waals surface area (Å²) in [6.07, 6.45) is 0.548. The van der Waals surface area contributed by atoms with Crippen molar-refractivity contribution in [2.24, 2.45) is 11.1 Å². The number of rotatable bonds is 4. The van der Waals surface area contributed by atoms with Crippen LogP contribution in [0.1, 0.15) is 12.5 Å². The number of carbonyl (C=O) groups is 1. The van der Waals surface area contributed by atoms with Crippen molar-refractivity contribution in [3.05, 3.63) is 35.9 Å². The van der Waals surface area contributed by atoms with Gasteiger partial charge < -0.3 is 10.3 Å². The number of aliphatic carboxylic acids is 1. The Kier molecular flexibility index (Phi) is 3.85. The summed E-state index contributed by atoms with van der Waals surface area (Å²) in [5.41, 5.74) is 0.811. The van der Waals surface area contributed by atoms with Gasteiger partial charge in [0.05, 0.1) is 0 Å². The molecule has 1 aromatic carbocycles. The maximum Gasteiger partial charge on any atom is 0.353 e. The van der Waals surface area contributed by atoms with Crippen molar-refractivity contribution in [3.63, 3.8) is 0 Å². The molecule has 1 aromatic rings. The van der Waals surface area contributed by atoms with E-state index in [1.165, 1.54) is 0 Å². The summed E-state index contributed by atoms with van der Waals surface area (Å²) in [6, 6.07) is 9.49. The van der Waals surface area contributed by atoms with Crippen molar-refractivity contribution in [1.82, 2.24) is 0 Å². The van der Waals surface area contributed by atoms with E-state index in [0.29, 0.717) is 6.42 Å². The Morgan fingerprint density at radius 1 is 1.40 bits per heavy atom. The molecule has 0 aromatic heterocycles. The number of carboxylic acid groups (broad SMARTS) is 1. The number of hydrogen-bond acceptors (Lipinski definition) is 3. The second kappa shape index (κ2) is 5.14. The summed E-state index contributed by atoms with van der Waals surface area (Å²) in [5.74, 6) is -1.49. The summed E-state index contributed by atoms with van der Waals surface area (Å²) < 4.78 is 0. The van der Waals surface area contributed by atoms with Crippen LogP contribution < -0.4 is 0 Å². The molecule has 0 spiro atoms. The molecule has 2 N–H and O–H groups in total. The summed E-state index contributed by atoms with van der Waals surface area (Å²) in [6.45, 7) is 1.72. The average Bonchev–Trinajstić information content (AvgIpc) is 2.19. The standard InChI is InChI=1S/C11H13NO3/c1-8(10(12-15)11(13)14)7-9-5-3-2-4-6-9/h2-6,8,15H,7H2,1H3,(H,13,14). The van der Waals surface area contributed by atoms with Crippen LogP contribution in [0.15, 0.2) is 35.5 Å². The quantitative estimate of drug-likeness (QED) is 0.449. The predicted molar refractivity (Wildman–Crippen MR) is 56.2 cm³/mol. The Bertz CT molecular complexity index is 359. The molecule has 0 saturated carbocycles. The van der Waals surface area contributed by atoms with Gasteiger partial charge in [-0.3, -0.25) is 0 Å². The summed E-state index contributed by atoms with van der Waals surface area (Å²) in [7, 11) is 0. The summed E-state index contributed by atoms with van der Waals surface area (Å²) in [5, 5.41) is 20.1. The van der Waals surface area contributed by atoms with E-state index >= 15 is 0 Å². The second-order valence-electron chi connectivity index (χ2n) is 3.38. The van der Waals surface area contributed by atoms with Gasteiger partial charge in [0.15, 0.2) is 5.71 Å². The zero-order chi connectivity index (χ0) is 11.3. The van der Waals surface area contributed by atoms with Gasteiger partial charge in [-0.05, 0) is 12.0 Å². The fourth-order valence-corrected chi connectivity index (χ4v) is 1.42. The Labute approximate surface area is 87.9 Å². The molecular formula is C11H13NO3. The lowest BCUT2D eigenvalue weighted by Crippen LogP contribution is -2.23. The van der Waals surface area contributed by atoms with Gasteiger partial charge in [-0.2, -0.15) is 0 Å². The van der Waals surface area contributed by atoms with E-state index in [2.05, 4.69) is 5.16 Å². The molecule has 80 valence electrons. The predicted octanol–water partition coefficient (Wildman–Crippen LogP) is 1.78. The van der Waals surface area contributed by atoms with Gasteiger partial charge in [-0.15, -0.1) is 0 Å². The third-order valence-corrected chi connectivity index (χ3v) is 2.18. The molecule has 1 atom stereocenters. The van der Waals surface area contributed by atoms with Crippen LogP contribution in [-0.2, 0) is 11.2 Å². The summed E-state index contributed by atoms with van der Waals surface area (Å²) >= 11 is 0. The Balaban J connectivity index is 2.71. The van der Waals surface area contributed by atoms with Crippen LogP contribution in [0, 0.1) is 5.92 Å². The minimum absolute atomic E-state index is 0.209. The lowest BCUT2D eigenvalue weighted by molar-refractivity contribution is -0.129. The highest BCUT2D eigenvalue weighted by molar-refractivity contribution is 6.36. The highest BCUT2D eigenvalue weighted by Crippen LogP contribution is 2.10. The van der Waals surface area contributed by atoms with Crippen LogP contribution >= 0.6 is 0 Å². The van der Waals surface area contributed by atoms with Gasteiger partial charge in [0, 0.05) is 5.92 Å². The molecule has 0 aliphatic rings. The van der Waals surface area contributed by atoms with Crippen LogP contribution in [0.25, 0.3) is 0 Å². The number of carboxylic acids is 1. The Hall–Kier alpha value is -1.84. The van der Waals surface area contributed by atoms with Gasteiger partial charge in [-0.1, -0.05) is 42.4 Å². The van der Waals surface area contributed by atoms with Gasteiger partial charge in [0.25, 0.3) is 0 Å². The first-order valence-corrected chi connectivity index (χ1v) is 4.64. The fraction of sp³-hybridized carbons (Fsp3) is 0.273. The maximum absolute atomic E-state index is 10.7. The van der Waals surface area contributed by atoms with Crippen LogP contribution in [0.4, 0.5) is 0 Å². The number of benzene rings is 1. The van der Waals surface area contributed by atoms with Gasteiger partial charge in [0.1, 0.15) is 0 Å². The van der Waals surface area contributed by atoms with Crippen molar-refractivity contribution < 1.29 is 15.1 Å². The topological polar surface area (TPSA) is 69.9 Å². The first-order valence-electron chi connectivity index (χ1n) is 4.64. The minimum Gasteiger partial charge on any atom is -0.477 e. The maximum atomic E-state index is 10.7. The van der Waals surface area contributed by atoms with Crippen molar-refractivity contribution in [2.75, 3.05) is 0 Å². The second-order valence-corrected chi connectivity index (χ2v) is 3.38. The molecule has 0 aliphatic heterocycles. The molecule has 4 heteroatoms. The molecule has 0 aliphatic carbocycles. The van der Waals surface area contributed by atoms with E-state index in [1.807, 2.05) is 30.3 Å². The number of nitrogens with zero attached hydrogens (tertiary/aromatic N) is 1. The molecule has 1 unspecified atom stereocenters. The fourth-order valence-electron chi connectivity index (χ4n) is 1.42. The molecule has 0 radical (unpaired) electrons. The smallest absolute Gasteiger partial charge is 0.353 e. The SMILES string of the molecule is CC(Cc1ccccc1)C(=NO)C(=O)O. The molecule has 0 heterocycles. The van der Waals surface area contributed by atoms with E-state index < -0.39 is 5.97 Å². The normalized spacial score (nSPS) is 13.5. The van der Waals surface area contributed by atoms with Gasteiger partial charge >= 0.3 is 5.97 Å². The molecule has 4 nitrogen and oxygen atoms in total. The van der Waals surface area contributed by atoms with E-state index in [-0.39, 0.29) is 11.6 Å². The first-order chi connectivity index (χ1) is 7.15. The lowest BCUT2D eigenvalue weighted by atomic mass is 9.96. The van der Waals surface area contributed by atoms with E-state index in [1.54, 1.807) is 6.92 Å². The lowest BCUT2D eigenvalue weighted by Gasteiger charge is -2.09. The summed E-state index contributed by atoms with van der Waals surface area (Å²) in [4.78, 5) is 10.7. The molecule has 15 heavy (non-hydrogen) atoms. The molecule has 0 bridgehead atoms. The van der Waals surface area contributed by atoms with E-state index in [0.717, 1.165) is 5.56 Å². The first kappa shape index (κ1) is 11.2. The Morgan fingerprint density at radius 3 is 2.47 bits per heavy atom. The monoisotopic (exact) mass is 207 g/mol. The van der Waals surface area contributed by atoms with Crippen LogP contribution in [0.2, 0.25) is 0 Å². The average molecular weight is 207 g/mol. The highest BCUT2D eigenvalue weighted by Gasteiger charge is 2.18. The highest BCUT2D eigenvalue weighted by atomic mass is 16.4. The number of oxime groups is 1. The molecular weight excluding hydrogens is 194 g/mol. The third-order valence-electron chi connectivity index (χ3n) is 2.18. The Morgan fingerprint density at radius 2 is 2.00 bits per heavy atom. The third kappa shape index (κ3) is 3.09. The van der Waals surface area contributed by atoms with Crippen molar-refractivity contribution in [2.45, 2.75) is 13.3 Å². The van der Waals surface area contributed by atoms with Crippen LogP contribution in [0.3, 0.4) is 0 Å².